The van der Waals surface area contributed by atoms with Gasteiger partial charge in [0.1, 0.15) is 5.60 Å². The number of aliphatic hydroxyl groups is 1. The summed E-state index contributed by atoms with van der Waals surface area (Å²) in [5.74, 6) is 0. The standard InChI is InChI=1S/C11H21NO3/c1-8(13)11(5-6-11)7-12-9(14)15-10(2,3)4/h8,13H,5-7H2,1-4H3,(H,12,14). The Morgan fingerprint density at radius 1 is 1.53 bits per heavy atom. The lowest BCUT2D eigenvalue weighted by Crippen LogP contribution is -2.38. The number of aliphatic hydroxyl groups excluding tert-OH is 1. The van der Waals surface area contributed by atoms with Crippen molar-refractivity contribution in [2.75, 3.05) is 6.54 Å². The van der Waals surface area contributed by atoms with Gasteiger partial charge in [0.15, 0.2) is 0 Å². The van der Waals surface area contributed by atoms with Gasteiger partial charge in [-0.2, -0.15) is 0 Å². The van der Waals surface area contributed by atoms with Crippen LogP contribution in [0.1, 0.15) is 40.5 Å². The molecule has 0 spiro atoms. The maximum Gasteiger partial charge on any atom is 0.407 e. The largest absolute Gasteiger partial charge is 0.444 e. The monoisotopic (exact) mass is 215 g/mol. The average molecular weight is 215 g/mol. The first kappa shape index (κ1) is 12.3. The normalized spacial score (nSPS) is 20.6. The molecule has 0 saturated heterocycles. The van der Waals surface area contributed by atoms with E-state index in [9.17, 15) is 9.90 Å². The zero-order chi connectivity index (χ0) is 11.7. The third kappa shape index (κ3) is 3.70. The van der Waals surface area contributed by atoms with Crippen LogP contribution in [0.25, 0.3) is 0 Å². The topological polar surface area (TPSA) is 58.6 Å². The van der Waals surface area contributed by atoms with Crippen molar-refractivity contribution in [3.05, 3.63) is 0 Å². The third-order valence-electron chi connectivity index (χ3n) is 2.76. The van der Waals surface area contributed by atoms with Gasteiger partial charge in [0.25, 0.3) is 0 Å². The van der Waals surface area contributed by atoms with Gasteiger partial charge in [0.05, 0.1) is 6.10 Å². The van der Waals surface area contributed by atoms with E-state index in [-0.39, 0.29) is 11.5 Å². The van der Waals surface area contributed by atoms with Crippen LogP contribution in [0.4, 0.5) is 4.79 Å². The third-order valence-corrected chi connectivity index (χ3v) is 2.76. The first-order chi connectivity index (χ1) is 6.75. The Morgan fingerprint density at radius 2 is 2.07 bits per heavy atom. The van der Waals surface area contributed by atoms with Gasteiger partial charge in [0, 0.05) is 12.0 Å². The predicted molar refractivity (Wildman–Crippen MR) is 57.6 cm³/mol. The molecule has 1 fully saturated rings. The molecule has 1 aliphatic carbocycles. The van der Waals surface area contributed by atoms with Crippen LogP contribution in [-0.2, 0) is 4.74 Å². The number of carbonyl (C=O) groups is 1. The zero-order valence-corrected chi connectivity index (χ0v) is 9.96. The van der Waals surface area contributed by atoms with Crippen molar-refractivity contribution >= 4 is 6.09 Å². The van der Waals surface area contributed by atoms with Gasteiger partial charge in [-0.15, -0.1) is 0 Å². The molecule has 0 aliphatic heterocycles. The maximum atomic E-state index is 11.3. The molecule has 0 aromatic heterocycles. The fourth-order valence-corrected chi connectivity index (χ4v) is 1.47. The summed E-state index contributed by atoms with van der Waals surface area (Å²) in [5.41, 5.74) is -0.567. The first-order valence-corrected chi connectivity index (χ1v) is 5.40. The van der Waals surface area contributed by atoms with Crippen LogP contribution < -0.4 is 5.32 Å². The molecule has 1 aliphatic rings. The van der Waals surface area contributed by atoms with Crippen molar-refractivity contribution in [1.29, 1.82) is 0 Å². The highest BCUT2D eigenvalue weighted by molar-refractivity contribution is 5.67. The molecular formula is C11H21NO3. The van der Waals surface area contributed by atoms with Gasteiger partial charge in [-0.1, -0.05) is 0 Å². The van der Waals surface area contributed by atoms with E-state index in [1.807, 2.05) is 20.8 Å². The van der Waals surface area contributed by atoms with Crippen LogP contribution in [0.3, 0.4) is 0 Å². The van der Waals surface area contributed by atoms with Crippen molar-refractivity contribution in [2.45, 2.75) is 52.2 Å². The minimum absolute atomic E-state index is 0.100. The number of nitrogens with one attached hydrogen (secondary N) is 1. The highest BCUT2D eigenvalue weighted by Crippen LogP contribution is 2.48. The van der Waals surface area contributed by atoms with Gasteiger partial charge in [0.2, 0.25) is 0 Å². The van der Waals surface area contributed by atoms with Crippen LogP contribution in [0.5, 0.6) is 0 Å². The molecular weight excluding hydrogens is 194 g/mol. The van der Waals surface area contributed by atoms with Gasteiger partial charge in [-0.05, 0) is 40.5 Å². The number of alkyl carbamates (subject to hydrolysis) is 1. The molecule has 0 heterocycles. The maximum absolute atomic E-state index is 11.3. The number of carbonyl (C=O) groups excluding carboxylic acids is 1. The summed E-state index contributed by atoms with van der Waals surface area (Å²) in [7, 11) is 0. The van der Waals surface area contributed by atoms with E-state index in [0.717, 1.165) is 12.8 Å². The lowest BCUT2D eigenvalue weighted by molar-refractivity contribution is 0.0479. The summed E-state index contributed by atoms with van der Waals surface area (Å²) in [6.07, 6.45) is 1.17. The van der Waals surface area contributed by atoms with Gasteiger partial charge < -0.3 is 15.2 Å². The molecule has 0 bridgehead atoms. The molecule has 1 rings (SSSR count). The molecule has 88 valence electrons. The highest BCUT2D eigenvalue weighted by Gasteiger charge is 2.47. The predicted octanol–water partition coefficient (Wildman–Crippen LogP) is 1.67. The fraction of sp³-hybridized carbons (Fsp3) is 0.909. The quantitative estimate of drug-likeness (QED) is 0.753. The van der Waals surface area contributed by atoms with Crippen LogP contribution in [0.2, 0.25) is 0 Å². The van der Waals surface area contributed by atoms with E-state index in [4.69, 9.17) is 4.74 Å². The van der Waals surface area contributed by atoms with E-state index in [1.54, 1.807) is 6.92 Å². The molecule has 2 N–H and O–H groups in total. The van der Waals surface area contributed by atoms with Crippen molar-refractivity contribution in [3.63, 3.8) is 0 Å². The molecule has 0 aromatic carbocycles. The summed E-state index contributed by atoms with van der Waals surface area (Å²) in [4.78, 5) is 11.3. The van der Waals surface area contributed by atoms with Crippen molar-refractivity contribution in [1.82, 2.24) is 5.32 Å². The van der Waals surface area contributed by atoms with Gasteiger partial charge in [-0.25, -0.2) is 4.79 Å². The van der Waals surface area contributed by atoms with Crippen LogP contribution in [-0.4, -0.2) is 29.4 Å². The van der Waals surface area contributed by atoms with Gasteiger partial charge >= 0.3 is 6.09 Å². The molecule has 1 saturated carbocycles. The minimum Gasteiger partial charge on any atom is -0.444 e. The van der Waals surface area contributed by atoms with Crippen molar-refractivity contribution in [3.8, 4) is 0 Å². The first-order valence-electron chi connectivity index (χ1n) is 5.40. The smallest absolute Gasteiger partial charge is 0.407 e. The fourth-order valence-electron chi connectivity index (χ4n) is 1.47. The molecule has 15 heavy (non-hydrogen) atoms. The number of hydrogen-bond donors (Lipinski definition) is 2. The summed E-state index contributed by atoms with van der Waals surface area (Å²) in [6.45, 7) is 7.75. The summed E-state index contributed by atoms with van der Waals surface area (Å²) in [6, 6.07) is 0. The SMILES string of the molecule is CC(O)C1(CNC(=O)OC(C)(C)C)CC1. The van der Waals surface area contributed by atoms with E-state index in [1.165, 1.54) is 0 Å². The van der Waals surface area contributed by atoms with E-state index < -0.39 is 11.7 Å². The number of amides is 1. The number of rotatable bonds is 3. The second-order valence-electron chi connectivity index (χ2n) is 5.39. The summed E-state index contributed by atoms with van der Waals surface area (Å²) < 4.78 is 5.11. The second-order valence-corrected chi connectivity index (χ2v) is 5.39. The van der Waals surface area contributed by atoms with Crippen molar-refractivity contribution < 1.29 is 14.6 Å². The summed E-state index contributed by atoms with van der Waals surface area (Å²) in [5, 5.41) is 12.2. The molecule has 1 unspecified atom stereocenters. The van der Waals surface area contributed by atoms with E-state index in [2.05, 4.69) is 5.32 Å². The summed E-state index contributed by atoms with van der Waals surface area (Å²) >= 11 is 0. The lowest BCUT2D eigenvalue weighted by atomic mass is 10.0. The minimum atomic E-state index is -0.467. The lowest BCUT2D eigenvalue weighted by Gasteiger charge is -2.22. The Labute approximate surface area is 91.0 Å². The molecule has 0 aromatic rings. The van der Waals surface area contributed by atoms with Crippen LogP contribution >= 0.6 is 0 Å². The second kappa shape index (κ2) is 4.00. The Bertz CT molecular complexity index is 239. The molecule has 1 amide bonds. The zero-order valence-electron chi connectivity index (χ0n) is 9.96. The molecule has 4 nitrogen and oxygen atoms in total. The van der Waals surface area contributed by atoms with Crippen LogP contribution in [0, 0.1) is 5.41 Å². The Balaban J connectivity index is 2.29. The Kier molecular flexibility index (Phi) is 3.28. The Morgan fingerprint density at radius 3 is 2.40 bits per heavy atom. The van der Waals surface area contributed by atoms with Crippen molar-refractivity contribution in [2.24, 2.45) is 5.41 Å². The van der Waals surface area contributed by atoms with E-state index in [0.29, 0.717) is 6.54 Å². The molecule has 1 atom stereocenters. The van der Waals surface area contributed by atoms with Gasteiger partial charge in [-0.3, -0.25) is 0 Å². The molecule has 4 heteroatoms. The molecule has 0 radical (unpaired) electrons. The highest BCUT2D eigenvalue weighted by atomic mass is 16.6. The van der Waals surface area contributed by atoms with E-state index >= 15 is 0 Å². The number of ether oxygens (including phenoxy) is 1. The number of hydrogen-bond acceptors (Lipinski definition) is 3. The Hall–Kier alpha value is -0.770. The average Bonchev–Trinajstić information content (AvgIpc) is 2.77. The van der Waals surface area contributed by atoms with Crippen LogP contribution in [0.15, 0.2) is 0 Å².